The predicted molar refractivity (Wildman–Crippen MR) is 135 cm³/mol. The number of hydrogen-bond acceptors (Lipinski definition) is 5. The lowest BCUT2D eigenvalue weighted by Gasteiger charge is -2.12. The van der Waals surface area contributed by atoms with Gasteiger partial charge in [0.15, 0.2) is 11.6 Å². The molecule has 2 heterocycles. The van der Waals surface area contributed by atoms with Gasteiger partial charge in [0.25, 0.3) is 5.91 Å². The molecule has 0 bridgehead atoms. The lowest BCUT2D eigenvalue weighted by Crippen LogP contribution is -2.22. The first kappa shape index (κ1) is 25.2. The summed E-state index contributed by atoms with van der Waals surface area (Å²) in [5.74, 6) is 2.82. The van der Waals surface area contributed by atoms with Crippen LogP contribution in [0.3, 0.4) is 0 Å². The number of amides is 1. The molecule has 0 aliphatic heterocycles. The summed E-state index contributed by atoms with van der Waals surface area (Å²) >= 11 is 1.40. The Balaban J connectivity index is 1.52. The standard InChI is InChI=1S/C27H22F3N3O2S/c1-3-33(4-2)14-6-7-18-16-22-26(36-18)24(12-13-31-22)35-23-11-10-17(15-21(23)30)32-27(34)25-19(28)8-5-9-20(25)29/h5,8-13,15-16H,3-4,14H2,1-2H3,(H,32,34). The van der Waals surface area contributed by atoms with Crippen molar-refractivity contribution >= 4 is 33.1 Å². The second-order valence-corrected chi connectivity index (χ2v) is 8.75. The average Bonchev–Trinajstić information content (AvgIpc) is 3.27. The summed E-state index contributed by atoms with van der Waals surface area (Å²) in [6.45, 7) is 6.67. The normalized spacial score (nSPS) is 10.8. The molecule has 4 rings (SSSR count). The Kier molecular flexibility index (Phi) is 7.88. The van der Waals surface area contributed by atoms with Crippen LogP contribution < -0.4 is 10.1 Å². The summed E-state index contributed by atoms with van der Waals surface area (Å²) in [4.78, 5) is 19.6. The zero-order valence-corrected chi connectivity index (χ0v) is 20.4. The topological polar surface area (TPSA) is 54.5 Å². The van der Waals surface area contributed by atoms with Crippen molar-refractivity contribution in [1.29, 1.82) is 0 Å². The molecule has 2 aromatic carbocycles. The maximum atomic E-state index is 14.8. The van der Waals surface area contributed by atoms with E-state index in [9.17, 15) is 18.0 Å². The quantitative estimate of drug-likeness (QED) is 0.291. The Bertz CT molecular complexity index is 1450. The maximum Gasteiger partial charge on any atom is 0.261 e. The van der Waals surface area contributed by atoms with Crippen LogP contribution in [0, 0.1) is 29.3 Å². The van der Waals surface area contributed by atoms with Crippen molar-refractivity contribution in [2.45, 2.75) is 13.8 Å². The van der Waals surface area contributed by atoms with E-state index < -0.39 is 28.9 Å². The summed E-state index contributed by atoms with van der Waals surface area (Å²) in [6, 6.07) is 10.3. The maximum absolute atomic E-state index is 14.8. The van der Waals surface area contributed by atoms with Crippen LogP contribution in [0.4, 0.5) is 18.9 Å². The number of carbonyl (C=O) groups is 1. The highest BCUT2D eigenvalue weighted by molar-refractivity contribution is 7.19. The van der Waals surface area contributed by atoms with Crippen molar-refractivity contribution in [2.75, 3.05) is 25.0 Å². The summed E-state index contributed by atoms with van der Waals surface area (Å²) in [6.07, 6.45) is 1.56. The van der Waals surface area contributed by atoms with Gasteiger partial charge in [-0.05, 0) is 43.4 Å². The summed E-state index contributed by atoms with van der Waals surface area (Å²) in [5.41, 5.74) is -0.0405. The summed E-state index contributed by atoms with van der Waals surface area (Å²) in [5, 5.41) is 2.30. The van der Waals surface area contributed by atoms with Gasteiger partial charge >= 0.3 is 0 Å². The van der Waals surface area contributed by atoms with Gasteiger partial charge in [-0.15, -0.1) is 11.3 Å². The van der Waals surface area contributed by atoms with Crippen LogP contribution in [0.15, 0.2) is 54.7 Å². The highest BCUT2D eigenvalue weighted by atomic mass is 32.1. The third-order valence-electron chi connectivity index (χ3n) is 5.38. The molecule has 0 atom stereocenters. The Labute approximate surface area is 210 Å². The van der Waals surface area contributed by atoms with E-state index in [0.29, 0.717) is 17.8 Å². The summed E-state index contributed by atoms with van der Waals surface area (Å²) < 4.78 is 49.0. The molecule has 1 N–H and O–H groups in total. The SMILES string of the molecule is CCN(CC)CC#Cc1cc2nccc(Oc3ccc(NC(=O)c4c(F)cccc4F)cc3F)c2s1. The lowest BCUT2D eigenvalue weighted by molar-refractivity contribution is 0.101. The highest BCUT2D eigenvalue weighted by Gasteiger charge is 2.18. The molecular weight excluding hydrogens is 487 g/mol. The van der Waals surface area contributed by atoms with Crippen LogP contribution in [0.1, 0.15) is 29.1 Å². The number of nitrogens with one attached hydrogen (secondary N) is 1. The van der Waals surface area contributed by atoms with Gasteiger partial charge in [-0.25, -0.2) is 13.2 Å². The minimum absolute atomic E-state index is 0.0225. The Morgan fingerprint density at radius 1 is 1.03 bits per heavy atom. The Hall–Kier alpha value is -3.87. The number of halogens is 3. The van der Waals surface area contributed by atoms with Crippen LogP contribution in [-0.4, -0.2) is 35.4 Å². The fourth-order valence-electron chi connectivity index (χ4n) is 3.43. The van der Waals surface area contributed by atoms with Crippen LogP contribution in [0.2, 0.25) is 0 Å². The molecule has 184 valence electrons. The van der Waals surface area contributed by atoms with E-state index in [1.54, 1.807) is 12.3 Å². The molecule has 0 unspecified atom stereocenters. The van der Waals surface area contributed by atoms with Crippen molar-refractivity contribution in [2.24, 2.45) is 0 Å². The van der Waals surface area contributed by atoms with E-state index in [1.165, 1.54) is 23.5 Å². The zero-order chi connectivity index (χ0) is 25.7. The molecule has 2 aromatic heterocycles. The molecule has 0 radical (unpaired) electrons. The Morgan fingerprint density at radius 2 is 1.78 bits per heavy atom. The number of ether oxygens (including phenoxy) is 1. The van der Waals surface area contributed by atoms with Crippen molar-refractivity contribution in [3.05, 3.63) is 82.6 Å². The van der Waals surface area contributed by atoms with Gasteiger partial charge in [0, 0.05) is 24.0 Å². The molecular formula is C27H22F3N3O2S. The molecule has 4 aromatic rings. The fourth-order valence-corrected chi connectivity index (χ4v) is 4.37. The largest absolute Gasteiger partial charge is 0.453 e. The molecule has 0 saturated heterocycles. The monoisotopic (exact) mass is 509 g/mol. The number of aromatic nitrogens is 1. The second-order valence-electron chi connectivity index (χ2n) is 7.70. The number of anilines is 1. The van der Waals surface area contributed by atoms with E-state index in [2.05, 4.69) is 40.9 Å². The number of hydrogen-bond donors (Lipinski definition) is 1. The predicted octanol–water partition coefficient (Wildman–Crippen LogP) is 6.45. The van der Waals surface area contributed by atoms with Crippen molar-refractivity contribution < 1.29 is 22.7 Å². The van der Waals surface area contributed by atoms with Gasteiger partial charge in [0.05, 0.1) is 21.6 Å². The molecule has 36 heavy (non-hydrogen) atoms. The van der Waals surface area contributed by atoms with Crippen molar-refractivity contribution in [3.8, 4) is 23.3 Å². The molecule has 0 fully saturated rings. The molecule has 0 aliphatic carbocycles. The molecule has 5 nitrogen and oxygen atoms in total. The molecule has 0 aliphatic rings. The van der Waals surface area contributed by atoms with Gasteiger partial charge in [-0.1, -0.05) is 31.8 Å². The van der Waals surface area contributed by atoms with Gasteiger partial charge in [-0.2, -0.15) is 0 Å². The number of rotatable bonds is 7. The Morgan fingerprint density at radius 3 is 2.47 bits per heavy atom. The minimum atomic E-state index is -1.03. The zero-order valence-electron chi connectivity index (χ0n) is 19.6. The van der Waals surface area contributed by atoms with Crippen molar-refractivity contribution in [3.63, 3.8) is 0 Å². The third-order valence-corrected chi connectivity index (χ3v) is 6.44. The van der Waals surface area contributed by atoms with Gasteiger partial charge in [0.1, 0.15) is 22.9 Å². The second kappa shape index (κ2) is 11.2. The van der Waals surface area contributed by atoms with Crippen LogP contribution in [0.5, 0.6) is 11.5 Å². The molecule has 0 saturated carbocycles. The van der Waals surface area contributed by atoms with Crippen LogP contribution >= 0.6 is 11.3 Å². The number of nitrogens with zero attached hydrogens (tertiary/aromatic N) is 2. The van der Waals surface area contributed by atoms with E-state index in [0.717, 1.165) is 46.9 Å². The number of fused-ring (bicyclic) bond motifs is 1. The van der Waals surface area contributed by atoms with Gasteiger partial charge in [-0.3, -0.25) is 14.7 Å². The number of benzene rings is 2. The molecule has 9 heteroatoms. The molecule has 0 spiro atoms. The van der Waals surface area contributed by atoms with E-state index >= 15 is 0 Å². The van der Waals surface area contributed by atoms with Crippen LogP contribution in [-0.2, 0) is 0 Å². The van der Waals surface area contributed by atoms with Gasteiger partial charge < -0.3 is 10.1 Å². The first-order chi connectivity index (χ1) is 17.4. The fraction of sp³-hybridized carbons (Fsp3) is 0.185. The molecule has 1 amide bonds. The van der Waals surface area contributed by atoms with E-state index in [1.807, 2.05) is 6.07 Å². The average molecular weight is 510 g/mol. The first-order valence-corrected chi connectivity index (χ1v) is 12.0. The number of thiophene rings is 1. The van der Waals surface area contributed by atoms with Crippen molar-refractivity contribution in [1.82, 2.24) is 9.88 Å². The van der Waals surface area contributed by atoms with Crippen LogP contribution in [0.25, 0.3) is 10.2 Å². The smallest absolute Gasteiger partial charge is 0.261 e. The number of pyridine rings is 1. The van der Waals surface area contributed by atoms with E-state index in [-0.39, 0.29) is 11.4 Å². The highest BCUT2D eigenvalue weighted by Crippen LogP contribution is 2.36. The first-order valence-electron chi connectivity index (χ1n) is 11.2. The third kappa shape index (κ3) is 5.67. The van der Waals surface area contributed by atoms with Gasteiger partial charge in [0.2, 0.25) is 0 Å². The number of carbonyl (C=O) groups excluding carboxylic acids is 1. The minimum Gasteiger partial charge on any atom is -0.453 e. The lowest BCUT2D eigenvalue weighted by atomic mass is 10.1. The summed E-state index contributed by atoms with van der Waals surface area (Å²) in [7, 11) is 0. The van der Waals surface area contributed by atoms with E-state index in [4.69, 9.17) is 4.74 Å².